The van der Waals surface area contributed by atoms with E-state index in [1.807, 2.05) is 41.1 Å². The number of nitrogens with two attached hydrogens (primary N) is 1. The quantitative estimate of drug-likeness (QED) is 0.536. The summed E-state index contributed by atoms with van der Waals surface area (Å²) < 4.78 is 1.93. The van der Waals surface area contributed by atoms with E-state index in [0.29, 0.717) is 12.4 Å². The first-order chi connectivity index (χ1) is 13.3. The zero-order chi connectivity index (χ0) is 18.2. The number of hydrogen-bond acceptors (Lipinski definition) is 5. The Labute approximate surface area is 155 Å². The van der Waals surface area contributed by atoms with Gasteiger partial charge in [0.2, 0.25) is 0 Å². The first-order valence-corrected chi connectivity index (χ1v) is 8.66. The lowest BCUT2D eigenvalue weighted by atomic mass is 10.0. The number of pyridine rings is 2. The highest BCUT2D eigenvalue weighted by atomic mass is 15.4. The van der Waals surface area contributed by atoms with E-state index >= 15 is 0 Å². The highest BCUT2D eigenvalue weighted by Gasteiger charge is 2.12. The molecule has 6 heteroatoms. The van der Waals surface area contributed by atoms with Crippen molar-refractivity contribution in [3.8, 4) is 11.1 Å². The van der Waals surface area contributed by atoms with Crippen molar-refractivity contribution in [2.75, 3.05) is 5.73 Å². The van der Waals surface area contributed by atoms with E-state index < -0.39 is 0 Å². The van der Waals surface area contributed by atoms with Gasteiger partial charge in [0, 0.05) is 17.1 Å². The number of rotatable bonds is 3. The van der Waals surface area contributed by atoms with Crippen LogP contribution in [0.25, 0.3) is 33.1 Å². The van der Waals surface area contributed by atoms with Gasteiger partial charge in [-0.2, -0.15) is 0 Å². The van der Waals surface area contributed by atoms with E-state index in [9.17, 15) is 0 Å². The van der Waals surface area contributed by atoms with Crippen LogP contribution in [0.2, 0.25) is 0 Å². The molecule has 27 heavy (non-hydrogen) atoms. The second-order valence-electron chi connectivity index (χ2n) is 6.43. The van der Waals surface area contributed by atoms with Crippen LogP contribution in [0.3, 0.4) is 0 Å². The molecule has 0 aliphatic heterocycles. The zero-order valence-electron chi connectivity index (χ0n) is 14.4. The summed E-state index contributed by atoms with van der Waals surface area (Å²) in [5, 5.41) is 9.67. The highest BCUT2D eigenvalue weighted by molar-refractivity contribution is 6.03. The Morgan fingerprint density at radius 2 is 1.67 bits per heavy atom. The van der Waals surface area contributed by atoms with Crippen LogP contribution in [0.5, 0.6) is 0 Å². The summed E-state index contributed by atoms with van der Waals surface area (Å²) in [5.74, 6) is 0.508. The molecule has 0 aliphatic rings. The minimum atomic E-state index is 0.508. The summed E-state index contributed by atoms with van der Waals surface area (Å²) in [6, 6.07) is 20.2. The standard InChI is InChI=1S/C21H16N6/c22-20-9-7-16(11-24-20)15-6-8-18-17(10-15)21-19(12-23-18)25-26-27(21)13-14-4-2-1-3-5-14/h1-12H,13H2,(H2,22,24). The van der Waals surface area contributed by atoms with Gasteiger partial charge in [0.25, 0.3) is 0 Å². The van der Waals surface area contributed by atoms with Gasteiger partial charge >= 0.3 is 0 Å². The Hall–Kier alpha value is -3.80. The molecule has 0 unspecified atom stereocenters. The average molecular weight is 352 g/mol. The van der Waals surface area contributed by atoms with Crippen molar-refractivity contribution in [1.82, 2.24) is 25.0 Å². The highest BCUT2D eigenvalue weighted by Crippen LogP contribution is 2.28. The molecule has 5 aromatic rings. The van der Waals surface area contributed by atoms with Gasteiger partial charge in [0.15, 0.2) is 0 Å². The molecule has 0 atom stereocenters. The number of hydrogen-bond donors (Lipinski definition) is 1. The number of benzene rings is 2. The molecule has 5 rings (SSSR count). The second-order valence-corrected chi connectivity index (χ2v) is 6.43. The maximum Gasteiger partial charge on any atom is 0.132 e. The Balaban J connectivity index is 1.69. The van der Waals surface area contributed by atoms with Gasteiger partial charge in [-0.05, 0) is 35.4 Å². The van der Waals surface area contributed by atoms with Gasteiger partial charge in [-0.3, -0.25) is 4.98 Å². The third-order valence-corrected chi connectivity index (χ3v) is 4.63. The molecule has 0 radical (unpaired) electrons. The third-order valence-electron chi connectivity index (χ3n) is 4.63. The summed E-state index contributed by atoms with van der Waals surface area (Å²) in [5.41, 5.74) is 11.6. The Morgan fingerprint density at radius 1 is 0.815 bits per heavy atom. The molecule has 3 heterocycles. The number of fused-ring (bicyclic) bond motifs is 3. The van der Waals surface area contributed by atoms with E-state index in [1.165, 1.54) is 5.56 Å². The molecule has 2 N–H and O–H groups in total. The Morgan fingerprint density at radius 3 is 2.48 bits per heavy atom. The fourth-order valence-corrected chi connectivity index (χ4v) is 3.28. The van der Waals surface area contributed by atoms with Crippen molar-refractivity contribution in [3.05, 3.63) is 78.6 Å². The molecule has 3 aromatic heterocycles. The molecule has 0 amide bonds. The molecule has 0 spiro atoms. The lowest BCUT2D eigenvalue weighted by Gasteiger charge is -2.07. The van der Waals surface area contributed by atoms with Crippen LogP contribution in [0.15, 0.2) is 73.1 Å². The summed E-state index contributed by atoms with van der Waals surface area (Å²) >= 11 is 0. The molecular formula is C21H16N6. The normalized spacial score (nSPS) is 11.3. The fourth-order valence-electron chi connectivity index (χ4n) is 3.28. The van der Waals surface area contributed by atoms with Crippen molar-refractivity contribution < 1.29 is 0 Å². The van der Waals surface area contributed by atoms with Crippen LogP contribution in [-0.2, 0) is 6.54 Å². The molecule has 0 aliphatic carbocycles. The minimum Gasteiger partial charge on any atom is -0.384 e. The molecule has 2 aromatic carbocycles. The first kappa shape index (κ1) is 15.5. The lowest BCUT2D eigenvalue weighted by Crippen LogP contribution is -2.02. The Bertz CT molecular complexity index is 1240. The molecule has 0 saturated heterocycles. The molecule has 130 valence electrons. The SMILES string of the molecule is Nc1ccc(-c2ccc3ncc4nnn(Cc5ccccc5)c4c3c2)cn1. The minimum absolute atomic E-state index is 0.508. The van der Waals surface area contributed by atoms with Crippen LogP contribution in [0.4, 0.5) is 5.82 Å². The van der Waals surface area contributed by atoms with Crippen LogP contribution < -0.4 is 5.73 Å². The summed E-state index contributed by atoms with van der Waals surface area (Å²) in [6.07, 6.45) is 3.56. The third kappa shape index (κ3) is 2.77. The summed E-state index contributed by atoms with van der Waals surface area (Å²) in [4.78, 5) is 8.72. The lowest BCUT2D eigenvalue weighted by molar-refractivity contribution is 0.671. The average Bonchev–Trinajstić information content (AvgIpc) is 3.12. The van der Waals surface area contributed by atoms with Gasteiger partial charge in [-0.1, -0.05) is 41.6 Å². The predicted molar refractivity (Wildman–Crippen MR) is 106 cm³/mol. The molecule has 0 saturated carbocycles. The van der Waals surface area contributed by atoms with Crippen molar-refractivity contribution in [2.45, 2.75) is 6.54 Å². The summed E-state index contributed by atoms with van der Waals surface area (Å²) in [6.45, 7) is 0.657. The van der Waals surface area contributed by atoms with E-state index in [2.05, 4.69) is 38.5 Å². The van der Waals surface area contributed by atoms with Crippen LogP contribution in [0, 0.1) is 0 Å². The van der Waals surface area contributed by atoms with E-state index in [4.69, 9.17) is 5.73 Å². The monoisotopic (exact) mass is 352 g/mol. The molecule has 6 nitrogen and oxygen atoms in total. The van der Waals surface area contributed by atoms with E-state index in [1.54, 1.807) is 18.5 Å². The van der Waals surface area contributed by atoms with E-state index in [-0.39, 0.29) is 0 Å². The number of aromatic nitrogens is 5. The largest absolute Gasteiger partial charge is 0.384 e. The zero-order valence-corrected chi connectivity index (χ0v) is 14.4. The summed E-state index contributed by atoms with van der Waals surface area (Å²) in [7, 11) is 0. The van der Waals surface area contributed by atoms with Crippen molar-refractivity contribution in [1.29, 1.82) is 0 Å². The van der Waals surface area contributed by atoms with Crippen molar-refractivity contribution >= 4 is 27.8 Å². The van der Waals surface area contributed by atoms with Gasteiger partial charge in [-0.15, -0.1) is 5.10 Å². The van der Waals surface area contributed by atoms with Crippen LogP contribution >= 0.6 is 0 Å². The molecule has 0 bridgehead atoms. The predicted octanol–water partition coefficient (Wildman–Crippen LogP) is 3.67. The topological polar surface area (TPSA) is 82.5 Å². The van der Waals surface area contributed by atoms with Gasteiger partial charge in [0.05, 0.1) is 18.3 Å². The van der Waals surface area contributed by atoms with E-state index in [0.717, 1.165) is 33.1 Å². The number of anilines is 1. The number of nitrogen functional groups attached to an aromatic ring is 1. The van der Waals surface area contributed by atoms with Crippen molar-refractivity contribution in [2.24, 2.45) is 0 Å². The second kappa shape index (κ2) is 6.17. The van der Waals surface area contributed by atoms with Crippen LogP contribution in [0.1, 0.15) is 5.56 Å². The maximum atomic E-state index is 5.71. The van der Waals surface area contributed by atoms with Crippen molar-refractivity contribution in [3.63, 3.8) is 0 Å². The van der Waals surface area contributed by atoms with Gasteiger partial charge in [-0.25, -0.2) is 9.67 Å². The first-order valence-electron chi connectivity index (χ1n) is 8.66. The molecular weight excluding hydrogens is 336 g/mol. The van der Waals surface area contributed by atoms with Gasteiger partial charge in [0.1, 0.15) is 16.9 Å². The fraction of sp³-hybridized carbons (Fsp3) is 0.0476. The van der Waals surface area contributed by atoms with Crippen LogP contribution in [-0.4, -0.2) is 25.0 Å². The Kier molecular flexibility index (Phi) is 3.53. The maximum absolute atomic E-state index is 5.71. The molecule has 0 fully saturated rings. The van der Waals surface area contributed by atoms with Gasteiger partial charge < -0.3 is 5.73 Å². The smallest absolute Gasteiger partial charge is 0.132 e. The number of nitrogens with zero attached hydrogens (tertiary/aromatic N) is 5.